The zero-order valence-corrected chi connectivity index (χ0v) is 19.4. The molecule has 5 aromatic rings. The molecule has 0 saturated carbocycles. The number of hydrogen-bond acceptors (Lipinski definition) is 1. The normalized spacial score (nSPS) is 14.9. The number of fused-ring (bicyclic) bond motifs is 1. The highest BCUT2D eigenvalue weighted by Crippen LogP contribution is 2.49. The van der Waals surface area contributed by atoms with E-state index in [1.165, 1.54) is 22.3 Å². The molecular weight excluding hydrogens is 424 g/mol. The van der Waals surface area contributed by atoms with Crippen molar-refractivity contribution in [1.82, 2.24) is 0 Å². The van der Waals surface area contributed by atoms with Gasteiger partial charge in [-0.1, -0.05) is 140 Å². The van der Waals surface area contributed by atoms with Gasteiger partial charge in [0.2, 0.25) is 0 Å². The standard InChI is InChI=1S/C34H26O/c35-34(27-17-6-2-7-18-27,28-19-8-3-9-20-28)32-23-13-12-22-30(32)33-29-21-11-10-16-26(29)24-31(33)25-14-4-1-5-15-25/h1-24,33,35H. The third-order valence-electron chi connectivity index (χ3n) is 7.08. The van der Waals surface area contributed by atoms with Gasteiger partial charge in [0.05, 0.1) is 0 Å². The fraction of sp³-hybridized carbons (Fsp3) is 0.0588. The summed E-state index contributed by atoms with van der Waals surface area (Å²) >= 11 is 0. The lowest BCUT2D eigenvalue weighted by Crippen LogP contribution is -2.30. The summed E-state index contributed by atoms with van der Waals surface area (Å²) < 4.78 is 0. The average molecular weight is 451 g/mol. The van der Waals surface area contributed by atoms with Crippen LogP contribution in [0.2, 0.25) is 0 Å². The largest absolute Gasteiger partial charge is 0.376 e. The second-order valence-corrected chi connectivity index (χ2v) is 9.06. The van der Waals surface area contributed by atoms with Crippen molar-refractivity contribution in [2.75, 3.05) is 0 Å². The van der Waals surface area contributed by atoms with E-state index in [1.54, 1.807) is 0 Å². The molecule has 0 aliphatic heterocycles. The number of allylic oxidation sites excluding steroid dienone is 1. The molecule has 0 radical (unpaired) electrons. The van der Waals surface area contributed by atoms with Crippen LogP contribution >= 0.6 is 0 Å². The van der Waals surface area contributed by atoms with Gasteiger partial charge in [-0.25, -0.2) is 0 Å². The monoisotopic (exact) mass is 450 g/mol. The van der Waals surface area contributed by atoms with E-state index in [0.717, 1.165) is 22.3 Å². The van der Waals surface area contributed by atoms with Crippen LogP contribution in [0.4, 0.5) is 0 Å². The fourth-order valence-electron chi connectivity index (χ4n) is 5.45. The topological polar surface area (TPSA) is 20.2 Å². The fourth-order valence-corrected chi connectivity index (χ4v) is 5.45. The van der Waals surface area contributed by atoms with Gasteiger partial charge in [-0.15, -0.1) is 0 Å². The Kier molecular flexibility index (Phi) is 5.41. The molecule has 0 fully saturated rings. The van der Waals surface area contributed by atoms with Gasteiger partial charge in [-0.2, -0.15) is 0 Å². The van der Waals surface area contributed by atoms with Crippen molar-refractivity contribution in [3.05, 3.63) is 178 Å². The van der Waals surface area contributed by atoms with Gasteiger partial charge in [-0.3, -0.25) is 0 Å². The zero-order valence-electron chi connectivity index (χ0n) is 19.4. The SMILES string of the molecule is OC(c1ccccc1)(c1ccccc1)c1ccccc1C1C(c2ccccc2)=Cc2ccccc21. The molecule has 6 rings (SSSR count). The quantitative estimate of drug-likeness (QED) is 0.273. The lowest BCUT2D eigenvalue weighted by Gasteiger charge is -2.34. The predicted octanol–water partition coefficient (Wildman–Crippen LogP) is 7.66. The van der Waals surface area contributed by atoms with Gasteiger partial charge in [0.15, 0.2) is 0 Å². The number of hydrogen-bond donors (Lipinski definition) is 1. The first kappa shape index (κ1) is 21.3. The van der Waals surface area contributed by atoms with Gasteiger partial charge in [0, 0.05) is 5.92 Å². The number of benzene rings is 5. The summed E-state index contributed by atoms with van der Waals surface area (Å²) in [6, 6.07) is 47.6. The van der Waals surface area contributed by atoms with E-state index in [-0.39, 0.29) is 5.92 Å². The summed E-state index contributed by atoms with van der Waals surface area (Å²) in [7, 11) is 0. The Hall–Kier alpha value is -4.20. The summed E-state index contributed by atoms with van der Waals surface area (Å²) in [6.07, 6.45) is 2.30. The molecule has 0 heterocycles. The predicted molar refractivity (Wildman–Crippen MR) is 144 cm³/mol. The van der Waals surface area contributed by atoms with Gasteiger partial charge in [0.1, 0.15) is 5.60 Å². The Morgan fingerprint density at radius 2 is 0.971 bits per heavy atom. The molecule has 1 atom stereocenters. The van der Waals surface area contributed by atoms with Crippen LogP contribution in [0.1, 0.15) is 44.9 Å². The maximum Gasteiger partial charge on any atom is 0.140 e. The van der Waals surface area contributed by atoms with E-state index >= 15 is 0 Å². The van der Waals surface area contributed by atoms with Crippen molar-refractivity contribution in [3.63, 3.8) is 0 Å². The van der Waals surface area contributed by atoms with Crippen LogP contribution in [-0.4, -0.2) is 5.11 Å². The minimum atomic E-state index is -1.29. The molecule has 1 nitrogen and oxygen atoms in total. The summed E-state index contributed by atoms with van der Waals surface area (Å²) in [5.74, 6) is 0.0174. The first-order valence-electron chi connectivity index (χ1n) is 12.1. The lowest BCUT2D eigenvalue weighted by atomic mass is 9.74. The molecule has 0 saturated heterocycles. The molecule has 168 valence electrons. The maximum atomic E-state index is 12.7. The zero-order chi connectivity index (χ0) is 23.7. The molecule has 1 N–H and O–H groups in total. The van der Waals surface area contributed by atoms with Gasteiger partial charge < -0.3 is 5.11 Å². The Balaban J connectivity index is 1.62. The Morgan fingerprint density at radius 3 is 1.60 bits per heavy atom. The van der Waals surface area contributed by atoms with Gasteiger partial charge in [0.25, 0.3) is 0 Å². The minimum Gasteiger partial charge on any atom is -0.376 e. The summed E-state index contributed by atoms with van der Waals surface area (Å²) in [4.78, 5) is 0. The van der Waals surface area contributed by atoms with Crippen molar-refractivity contribution in [2.24, 2.45) is 0 Å². The van der Waals surface area contributed by atoms with Crippen molar-refractivity contribution >= 4 is 11.6 Å². The Labute approximate surface area is 206 Å². The number of rotatable bonds is 5. The lowest BCUT2D eigenvalue weighted by molar-refractivity contribution is 0.124. The van der Waals surface area contributed by atoms with Crippen LogP contribution in [0, 0.1) is 0 Å². The molecule has 1 aliphatic carbocycles. The summed E-state index contributed by atoms with van der Waals surface area (Å²) in [5.41, 5.74) is 7.39. The third-order valence-corrected chi connectivity index (χ3v) is 7.08. The summed E-state index contributed by atoms with van der Waals surface area (Å²) in [5, 5.41) is 12.7. The molecule has 0 amide bonds. The highest BCUT2D eigenvalue weighted by Gasteiger charge is 2.39. The third kappa shape index (κ3) is 3.62. The van der Waals surface area contributed by atoms with Crippen molar-refractivity contribution < 1.29 is 5.11 Å². The molecule has 0 bridgehead atoms. The Morgan fingerprint density at radius 1 is 0.486 bits per heavy atom. The first-order chi connectivity index (χ1) is 17.3. The van der Waals surface area contributed by atoms with E-state index < -0.39 is 5.60 Å². The van der Waals surface area contributed by atoms with E-state index in [1.807, 2.05) is 66.7 Å². The van der Waals surface area contributed by atoms with Gasteiger partial charge in [-0.05, 0) is 50.6 Å². The van der Waals surface area contributed by atoms with Crippen LogP contribution in [0.3, 0.4) is 0 Å². The van der Waals surface area contributed by atoms with Gasteiger partial charge >= 0.3 is 0 Å². The summed E-state index contributed by atoms with van der Waals surface area (Å²) in [6.45, 7) is 0. The van der Waals surface area contributed by atoms with Crippen LogP contribution in [0.5, 0.6) is 0 Å². The van der Waals surface area contributed by atoms with Crippen molar-refractivity contribution in [3.8, 4) is 0 Å². The Bertz CT molecular complexity index is 1440. The first-order valence-corrected chi connectivity index (χ1v) is 12.1. The second kappa shape index (κ2) is 8.87. The molecular formula is C34H26O. The number of aliphatic hydroxyl groups is 1. The van der Waals surface area contributed by atoms with E-state index in [2.05, 4.69) is 78.9 Å². The molecule has 5 aromatic carbocycles. The molecule has 0 spiro atoms. The smallest absolute Gasteiger partial charge is 0.140 e. The molecule has 1 heteroatoms. The minimum absolute atomic E-state index is 0.0174. The maximum absolute atomic E-state index is 12.7. The molecule has 35 heavy (non-hydrogen) atoms. The van der Waals surface area contributed by atoms with Crippen molar-refractivity contribution in [2.45, 2.75) is 11.5 Å². The van der Waals surface area contributed by atoms with E-state index in [4.69, 9.17) is 0 Å². The second-order valence-electron chi connectivity index (χ2n) is 9.06. The van der Waals surface area contributed by atoms with E-state index in [9.17, 15) is 5.11 Å². The highest BCUT2D eigenvalue weighted by atomic mass is 16.3. The highest BCUT2D eigenvalue weighted by molar-refractivity contribution is 5.94. The van der Waals surface area contributed by atoms with Crippen LogP contribution in [-0.2, 0) is 5.60 Å². The molecule has 0 aromatic heterocycles. The van der Waals surface area contributed by atoms with Crippen LogP contribution in [0.15, 0.2) is 140 Å². The van der Waals surface area contributed by atoms with Crippen LogP contribution in [0.25, 0.3) is 11.6 Å². The average Bonchev–Trinajstić information content (AvgIpc) is 3.34. The molecule has 1 aliphatic rings. The molecule has 1 unspecified atom stereocenters. The van der Waals surface area contributed by atoms with Crippen molar-refractivity contribution in [1.29, 1.82) is 0 Å². The van der Waals surface area contributed by atoms with E-state index in [0.29, 0.717) is 0 Å². The van der Waals surface area contributed by atoms with Crippen LogP contribution < -0.4 is 0 Å².